The number of hydrogen-bond acceptors (Lipinski definition) is 5. The summed E-state index contributed by atoms with van der Waals surface area (Å²) in [6.07, 6.45) is 1.36. The van der Waals surface area contributed by atoms with Crippen LogP contribution in [-0.2, 0) is 14.8 Å². The molecule has 1 aliphatic heterocycles. The van der Waals surface area contributed by atoms with Gasteiger partial charge in [-0.2, -0.15) is 4.31 Å². The number of hydrogen-bond donors (Lipinski definition) is 1. The van der Waals surface area contributed by atoms with Crippen LogP contribution in [0.4, 0.5) is 5.69 Å². The molecule has 0 saturated carbocycles. The highest BCUT2D eigenvalue weighted by Gasteiger charge is 2.33. The highest BCUT2D eigenvalue weighted by Crippen LogP contribution is 2.27. The highest BCUT2D eigenvalue weighted by atomic mass is 32.2. The van der Waals surface area contributed by atoms with Crippen molar-refractivity contribution < 1.29 is 18.0 Å². The van der Waals surface area contributed by atoms with Gasteiger partial charge in [0.1, 0.15) is 0 Å². The molecule has 1 aliphatic rings. The van der Waals surface area contributed by atoms with Gasteiger partial charge in [-0.15, -0.1) is 11.3 Å². The third kappa shape index (κ3) is 4.03. The van der Waals surface area contributed by atoms with Gasteiger partial charge in [-0.1, -0.05) is 6.07 Å². The number of thiophene rings is 1. The van der Waals surface area contributed by atoms with E-state index in [0.29, 0.717) is 30.0 Å². The fourth-order valence-electron chi connectivity index (χ4n) is 3.06. The molecule has 1 saturated heterocycles. The highest BCUT2D eigenvalue weighted by molar-refractivity contribution is 7.89. The second-order valence-electron chi connectivity index (χ2n) is 6.25. The molecule has 1 atom stereocenters. The van der Waals surface area contributed by atoms with E-state index in [9.17, 15) is 18.0 Å². The Morgan fingerprint density at radius 3 is 2.54 bits per heavy atom. The lowest BCUT2D eigenvalue weighted by Gasteiger charge is -2.31. The maximum absolute atomic E-state index is 12.9. The minimum Gasteiger partial charge on any atom is -0.326 e. The number of nitrogens with one attached hydrogen (secondary N) is 1. The van der Waals surface area contributed by atoms with Crippen molar-refractivity contribution in [2.45, 2.75) is 24.7 Å². The van der Waals surface area contributed by atoms with Crippen molar-refractivity contribution in [1.29, 1.82) is 0 Å². The van der Waals surface area contributed by atoms with Gasteiger partial charge in [-0.05, 0) is 48.6 Å². The van der Waals surface area contributed by atoms with E-state index in [1.807, 2.05) is 11.4 Å². The van der Waals surface area contributed by atoms with E-state index in [1.165, 1.54) is 34.7 Å². The predicted molar refractivity (Wildman–Crippen MR) is 101 cm³/mol. The normalized spacial score (nSPS) is 18.4. The van der Waals surface area contributed by atoms with Gasteiger partial charge in [-0.3, -0.25) is 9.59 Å². The van der Waals surface area contributed by atoms with Crippen LogP contribution in [0.25, 0.3) is 0 Å². The van der Waals surface area contributed by atoms with E-state index in [4.69, 9.17) is 0 Å². The van der Waals surface area contributed by atoms with Crippen LogP contribution in [-0.4, -0.2) is 37.5 Å². The first-order chi connectivity index (χ1) is 12.4. The van der Waals surface area contributed by atoms with Crippen molar-refractivity contribution in [2.75, 3.05) is 18.4 Å². The number of ketones is 1. The van der Waals surface area contributed by atoms with Gasteiger partial charge in [0, 0.05) is 31.6 Å². The van der Waals surface area contributed by atoms with Crippen molar-refractivity contribution >= 4 is 38.7 Å². The third-order valence-corrected chi connectivity index (χ3v) is 7.10. The molecule has 2 heterocycles. The van der Waals surface area contributed by atoms with Crippen molar-refractivity contribution in [3.05, 3.63) is 46.7 Å². The molecule has 1 fully saturated rings. The molecule has 6 nitrogen and oxygen atoms in total. The number of carbonyl (C=O) groups is 2. The number of rotatable bonds is 5. The van der Waals surface area contributed by atoms with E-state index in [-0.39, 0.29) is 29.0 Å². The van der Waals surface area contributed by atoms with Crippen molar-refractivity contribution in [3.8, 4) is 0 Å². The predicted octanol–water partition coefficient (Wildman–Crippen LogP) is 2.99. The third-order valence-electron chi connectivity index (χ3n) is 4.33. The molecular formula is C18H20N2O4S2. The maximum Gasteiger partial charge on any atom is 0.243 e. The quantitative estimate of drug-likeness (QED) is 0.793. The fraction of sp³-hybridized carbons (Fsp3) is 0.333. The molecular weight excluding hydrogens is 372 g/mol. The number of amides is 1. The lowest BCUT2D eigenvalue weighted by Crippen LogP contribution is -2.42. The van der Waals surface area contributed by atoms with Crippen LogP contribution in [0.3, 0.4) is 0 Å². The smallest absolute Gasteiger partial charge is 0.243 e. The Balaban J connectivity index is 1.76. The molecule has 0 aliphatic carbocycles. The molecule has 26 heavy (non-hydrogen) atoms. The van der Waals surface area contributed by atoms with Gasteiger partial charge in [0.2, 0.25) is 15.9 Å². The Bertz CT molecular complexity index is 890. The molecule has 0 bridgehead atoms. The average molecular weight is 393 g/mol. The molecule has 138 valence electrons. The monoisotopic (exact) mass is 392 g/mol. The van der Waals surface area contributed by atoms with Crippen molar-refractivity contribution in [2.24, 2.45) is 5.92 Å². The number of carbonyl (C=O) groups excluding carboxylic acids is 2. The summed E-state index contributed by atoms with van der Waals surface area (Å²) in [5.41, 5.74) is 0.542. The van der Waals surface area contributed by atoms with Crippen molar-refractivity contribution in [1.82, 2.24) is 4.31 Å². The van der Waals surface area contributed by atoms with Crippen LogP contribution in [0.5, 0.6) is 0 Å². The Morgan fingerprint density at radius 2 is 1.92 bits per heavy atom. The van der Waals surface area contributed by atoms with Crippen LogP contribution in [0, 0.1) is 5.92 Å². The van der Waals surface area contributed by atoms with Crippen LogP contribution >= 0.6 is 11.3 Å². The second-order valence-corrected chi connectivity index (χ2v) is 9.13. The molecule has 2 aromatic rings. The minimum atomic E-state index is -3.67. The molecule has 0 unspecified atom stereocenters. The van der Waals surface area contributed by atoms with Gasteiger partial charge in [-0.25, -0.2) is 8.42 Å². The van der Waals surface area contributed by atoms with E-state index in [0.717, 1.165) is 0 Å². The van der Waals surface area contributed by atoms with E-state index < -0.39 is 10.0 Å². The number of anilines is 1. The molecule has 3 rings (SSSR count). The maximum atomic E-state index is 12.9. The molecule has 1 aromatic heterocycles. The summed E-state index contributed by atoms with van der Waals surface area (Å²) in [7, 11) is -3.67. The number of benzene rings is 1. The van der Waals surface area contributed by atoms with Gasteiger partial charge in [0.05, 0.1) is 9.77 Å². The molecule has 1 aromatic carbocycles. The number of sulfonamides is 1. The molecule has 8 heteroatoms. The Kier molecular flexibility index (Phi) is 5.55. The van der Waals surface area contributed by atoms with E-state index in [1.54, 1.807) is 18.2 Å². The van der Waals surface area contributed by atoms with Gasteiger partial charge in [0.25, 0.3) is 0 Å². The summed E-state index contributed by atoms with van der Waals surface area (Å²) < 4.78 is 27.2. The van der Waals surface area contributed by atoms with Crippen molar-refractivity contribution in [3.63, 3.8) is 0 Å². The first kappa shape index (κ1) is 18.8. The van der Waals surface area contributed by atoms with E-state index in [2.05, 4.69) is 5.32 Å². The largest absolute Gasteiger partial charge is 0.326 e. The van der Waals surface area contributed by atoms with Crippen LogP contribution in [0.1, 0.15) is 29.4 Å². The summed E-state index contributed by atoms with van der Waals surface area (Å²) in [6.45, 7) is 2.00. The van der Waals surface area contributed by atoms with Gasteiger partial charge < -0.3 is 5.32 Å². The zero-order valence-corrected chi connectivity index (χ0v) is 16.0. The van der Waals surface area contributed by atoms with Gasteiger partial charge >= 0.3 is 0 Å². The first-order valence-corrected chi connectivity index (χ1v) is 10.7. The fourth-order valence-corrected chi connectivity index (χ4v) is 5.32. The van der Waals surface area contributed by atoms with Crippen LogP contribution in [0.2, 0.25) is 0 Å². The summed E-state index contributed by atoms with van der Waals surface area (Å²) in [5, 5.41) is 4.46. The van der Waals surface area contributed by atoms with Crippen LogP contribution < -0.4 is 5.32 Å². The summed E-state index contributed by atoms with van der Waals surface area (Å²) >= 11 is 1.38. The standard InChI is InChI=1S/C18H20N2O4S2/c1-13(21)19-15-6-8-16(9-7-15)26(23,24)20-10-2-4-14(12-20)18(22)17-5-3-11-25-17/h3,5-9,11,14H,2,4,10,12H2,1H3,(H,19,21)/t14-/m1/s1. The molecule has 1 N–H and O–H groups in total. The Labute approximate surface area is 156 Å². The first-order valence-electron chi connectivity index (χ1n) is 8.33. The Morgan fingerprint density at radius 1 is 1.19 bits per heavy atom. The number of nitrogens with zero attached hydrogens (tertiary/aromatic N) is 1. The van der Waals surface area contributed by atoms with Gasteiger partial charge in [0.15, 0.2) is 5.78 Å². The molecule has 0 spiro atoms. The second kappa shape index (κ2) is 7.69. The lowest BCUT2D eigenvalue weighted by molar-refractivity contribution is -0.114. The average Bonchev–Trinajstić information content (AvgIpc) is 3.16. The molecule has 1 amide bonds. The summed E-state index contributed by atoms with van der Waals surface area (Å²) in [4.78, 5) is 24.5. The van der Waals surface area contributed by atoms with Crippen LogP contribution in [0.15, 0.2) is 46.7 Å². The zero-order chi connectivity index (χ0) is 18.7. The summed E-state index contributed by atoms with van der Waals surface area (Å²) in [6, 6.07) is 9.68. The lowest BCUT2D eigenvalue weighted by atomic mass is 9.94. The topological polar surface area (TPSA) is 83.6 Å². The number of Topliss-reactive ketones (excluding diaryl/α,β-unsaturated/α-hetero) is 1. The summed E-state index contributed by atoms with van der Waals surface area (Å²) in [5.74, 6) is -0.511. The minimum absolute atomic E-state index is 0.0147. The molecule has 0 radical (unpaired) electrons. The SMILES string of the molecule is CC(=O)Nc1ccc(S(=O)(=O)N2CCC[C@@H](C(=O)c3cccs3)C2)cc1. The Hall–Kier alpha value is -2.03. The number of piperidine rings is 1. The zero-order valence-electron chi connectivity index (χ0n) is 14.3. The van der Waals surface area contributed by atoms with E-state index >= 15 is 0 Å².